The van der Waals surface area contributed by atoms with Crippen LogP contribution >= 0.6 is 11.6 Å². The number of carboxylic acid groups (broad SMARTS) is 1. The molecule has 1 heterocycles. The Kier molecular flexibility index (Phi) is 6.24. The molecule has 2 aromatic rings. The van der Waals surface area contributed by atoms with Crippen molar-refractivity contribution in [3.63, 3.8) is 0 Å². The number of hydrogen-bond acceptors (Lipinski definition) is 4. The Labute approximate surface area is 164 Å². The standard InChI is InChI=1S/C21H24ClNO4/c1-26-18-10-7-15(12-19(18)27-2)20(14-5-8-17(22)9-6-14)23-11-3-4-16(13-23)21(24)25/h5-10,12,16,20H,3-4,11,13H2,1-2H3,(H,24,25). The fourth-order valence-electron chi connectivity index (χ4n) is 3.72. The van der Waals surface area contributed by atoms with Gasteiger partial charge in [-0.15, -0.1) is 0 Å². The van der Waals surface area contributed by atoms with E-state index in [1.54, 1.807) is 14.2 Å². The Morgan fingerprint density at radius 1 is 1.11 bits per heavy atom. The highest BCUT2D eigenvalue weighted by atomic mass is 35.5. The van der Waals surface area contributed by atoms with Crippen LogP contribution in [0.1, 0.15) is 30.0 Å². The third kappa shape index (κ3) is 4.37. The number of methoxy groups -OCH3 is 2. The van der Waals surface area contributed by atoms with E-state index in [0.717, 1.165) is 24.1 Å². The molecule has 3 rings (SSSR count). The molecule has 0 aromatic heterocycles. The highest BCUT2D eigenvalue weighted by Gasteiger charge is 2.31. The number of hydrogen-bond donors (Lipinski definition) is 1. The molecular formula is C21H24ClNO4. The lowest BCUT2D eigenvalue weighted by atomic mass is 9.91. The number of carbonyl (C=O) groups is 1. The molecule has 2 aromatic carbocycles. The first-order valence-electron chi connectivity index (χ1n) is 8.97. The van der Waals surface area contributed by atoms with E-state index in [9.17, 15) is 9.90 Å². The third-order valence-electron chi connectivity index (χ3n) is 5.08. The molecule has 0 aliphatic carbocycles. The van der Waals surface area contributed by atoms with Gasteiger partial charge in [-0.1, -0.05) is 29.8 Å². The van der Waals surface area contributed by atoms with Gasteiger partial charge in [-0.2, -0.15) is 0 Å². The van der Waals surface area contributed by atoms with Crippen LogP contribution in [0.25, 0.3) is 0 Å². The summed E-state index contributed by atoms with van der Waals surface area (Å²) in [6.07, 6.45) is 1.57. The number of nitrogens with zero attached hydrogens (tertiary/aromatic N) is 1. The van der Waals surface area contributed by atoms with Crippen LogP contribution < -0.4 is 9.47 Å². The van der Waals surface area contributed by atoms with Gasteiger partial charge in [0, 0.05) is 11.6 Å². The van der Waals surface area contributed by atoms with Crippen molar-refractivity contribution in [3.05, 3.63) is 58.6 Å². The monoisotopic (exact) mass is 389 g/mol. The number of rotatable bonds is 6. The van der Waals surface area contributed by atoms with E-state index in [0.29, 0.717) is 29.5 Å². The molecule has 5 nitrogen and oxygen atoms in total. The molecule has 2 unspecified atom stereocenters. The number of aliphatic carboxylic acids is 1. The Bertz CT molecular complexity index is 793. The van der Waals surface area contributed by atoms with Crippen molar-refractivity contribution in [3.8, 4) is 11.5 Å². The van der Waals surface area contributed by atoms with Crippen molar-refractivity contribution < 1.29 is 19.4 Å². The number of likely N-dealkylation sites (tertiary alicyclic amines) is 1. The second-order valence-corrected chi connectivity index (χ2v) is 7.18. The van der Waals surface area contributed by atoms with E-state index in [-0.39, 0.29) is 12.0 Å². The lowest BCUT2D eigenvalue weighted by Gasteiger charge is -2.37. The van der Waals surface area contributed by atoms with Crippen molar-refractivity contribution in [2.75, 3.05) is 27.3 Å². The van der Waals surface area contributed by atoms with Gasteiger partial charge < -0.3 is 14.6 Å². The first kappa shape index (κ1) is 19.5. The van der Waals surface area contributed by atoms with Crippen LogP contribution in [-0.2, 0) is 4.79 Å². The van der Waals surface area contributed by atoms with E-state index in [1.807, 2.05) is 42.5 Å². The van der Waals surface area contributed by atoms with Crippen LogP contribution in [0.3, 0.4) is 0 Å². The lowest BCUT2D eigenvalue weighted by molar-refractivity contribution is -0.143. The minimum atomic E-state index is -0.734. The molecule has 1 fully saturated rings. The van der Waals surface area contributed by atoms with Gasteiger partial charge in [0.1, 0.15) is 0 Å². The van der Waals surface area contributed by atoms with E-state index in [2.05, 4.69) is 4.90 Å². The van der Waals surface area contributed by atoms with Gasteiger partial charge in [-0.25, -0.2) is 0 Å². The topological polar surface area (TPSA) is 59.0 Å². The average molecular weight is 390 g/mol. The zero-order chi connectivity index (χ0) is 19.4. The number of benzene rings is 2. The largest absolute Gasteiger partial charge is 0.493 e. The first-order valence-corrected chi connectivity index (χ1v) is 9.35. The molecule has 0 radical (unpaired) electrons. The predicted molar refractivity (Wildman–Crippen MR) is 105 cm³/mol. The van der Waals surface area contributed by atoms with Gasteiger partial charge in [0.25, 0.3) is 0 Å². The van der Waals surface area contributed by atoms with Crippen LogP contribution in [0, 0.1) is 5.92 Å². The van der Waals surface area contributed by atoms with Gasteiger partial charge in [-0.05, 0) is 54.8 Å². The number of ether oxygens (including phenoxy) is 2. The predicted octanol–water partition coefficient (Wildman–Crippen LogP) is 4.24. The van der Waals surface area contributed by atoms with Gasteiger partial charge in [0.05, 0.1) is 26.2 Å². The van der Waals surface area contributed by atoms with Crippen molar-refractivity contribution in [1.82, 2.24) is 4.90 Å². The normalized spacial score (nSPS) is 18.7. The maximum absolute atomic E-state index is 11.5. The molecule has 0 spiro atoms. The Morgan fingerprint density at radius 2 is 1.78 bits per heavy atom. The van der Waals surface area contributed by atoms with Crippen LogP contribution in [0.4, 0.5) is 0 Å². The van der Waals surface area contributed by atoms with Crippen molar-refractivity contribution in [2.24, 2.45) is 5.92 Å². The maximum Gasteiger partial charge on any atom is 0.307 e. The molecule has 0 bridgehead atoms. The van der Waals surface area contributed by atoms with Gasteiger partial charge in [0.15, 0.2) is 11.5 Å². The molecule has 1 aliphatic rings. The van der Waals surface area contributed by atoms with E-state index in [4.69, 9.17) is 21.1 Å². The van der Waals surface area contributed by atoms with Crippen LogP contribution in [-0.4, -0.2) is 43.3 Å². The summed E-state index contributed by atoms with van der Waals surface area (Å²) in [6.45, 7) is 1.35. The summed E-state index contributed by atoms with van der Waals surface area (Å²) in [5.74, 6) is 0.231. The Hall–Kier alpha value is -2.24. The Balaban J connectivity index is 2.02. The minimum absolute atomic E-state index is 0.0794. The number of piperidine rings is 1. The summed E-state index contributed by atoms with van der Waals surface area (Å²) >= 11 is 6.07. The zero-order valence-electron chi connectivity index (χ0n) is 15.5. The highest BCUT2D eigenvalue weighted by Crippen LogP contribution is 2.37. The maximum atomic E-state index is 11.5. The van der Waals surface area contributed by atoms with Gasteiger partial charge in [-0.3, -0.25) is 9.69 Å². The molecule has 1 N–H and O–H groups in total. The van der Waals surface area contributed by atoms with E-state index < -0.39 is 5.97 Å². The van der Waals surface area contributed by atoms with Gasteiger partial charge in [0.2, 0.25) is 0 Å². The molecule has 1 aliphatic heterocycles. The second kappa shape index (κ2) is 8.63. The fraction of sp³-hybridized carbons (Fsp3) is 0.381. The van der Waals surface area contributed by atoms with Crippen molar-refractivity contribution >= 4 is 17.6 Å². The third-order valence-corrected chi connectivity index (χ3v) is 5.33. The summed E-state index contributed by atoms with van der Waals surface area (Å²) in [5.41, 5.74) is 2.10. The fourth-order valence-corrected chi connectivity index (χ4v) is 3.85. The highest BCUT2D eigenvalue weighted by molar-refractivity contribution is 6.30. The zero-order valence-corrected chi connectivity index (χ0v) is 16.3. The van der Waals surface area contributed by atoms with Crippen molar-refractivity contribution in [2.45, 2.75) is 18.9 Å². The minimum Gasteiger partial charge on any atom is -0.493 e. The van der Waals surface area contributed by atoms with E-state index >= 15 is 0 Å². The van der Waals surface area contributed by atoms with Gasteiger partial charge >= 0.3 is 5.97 Å². The van der Waals surface area contributed by atoms with Crippen LogP contribution in [0.15, 0.2) is 42.5 Å². The molecule has 6 heteroatoms. The molecule has 144 valence electrons. The Morgan fingerprint density at radius 3 is 2.41 bits per heavy atom. The number of halogens is 1. The smallest absolute Gasteiger partial charge is 0.307 e. The summed E-state index contributed by atoms with van der Waals surface area (Å²) in [6, 6.07) is 13.5. The molecule has 1 saturated heterocycles. The lowest BCUT2D eigenvalue weighted by Crippen LogP contribution is -2.41. The molecule has 27 heavy (non-hydrogen) atoms. The van der Waals surface area contributed by atoms with E-state index in [1.165, 1.54) is 0 Å². The molecule has 0 saturated carbocycles. The summed E-state index contributed by atoms with van der Waals surface area (Å²) in [4.78, 5) is 13.8. The molecular weight excluding hydrogens is 366 g/mol. The van der Waals surface area contributed by atoms with Crippen molar-refractivity contribution in [1.29, 1.82) is 0 Å². The second-order valence-electron chi connectivity index (χ2n) is 6.74. The molecule has 2 atom stereocenters. The average Bonchev–Trinajstić information content (AvgIpc) is 2.69. The van der Waals surface area contributed by atoms with Crippen LogP contribution in [0.5, 0.6) is 11.5 Å². The quantitative estimate of drug-likeness (QED) is 0.800. The SMILES string of the molecule is COc1ccc(C(c2ccc(Cl)cc2)N2CCCC(C(=O)O)C2)cc1OC. The molecule has 0 amide bonds. The van der Waals surface area contributed by atoms with Crippen LogP contribution in [0.2, 0.25) is 5.02 Å². The number of carboxylic acids is 1. The summed E-state index contributed by atoms with van der Waals surface area (Å²) in [5, 5.41) is 10.2. The summed E-state index contributed by atoms with van der Waals surface area (Å²) in [7, 11) is 3.22. The summed E-state index contributed by atoms with van der Waals surface area (Å²) < 4.78 is 10.8. The first-order chi connectivity index (χ1) is 13.0.